The van der Waals surface area contributed by atoms with Gasteiger partial charge in [0, 0.05) is 17.8 Å². The zero-order valence-electron chi connectivity index (χ0n) is 13.7. The molecule has 3 aromatic heterocycles. The standard InChI is InChI=1S/C19H18N4OS/c1-2-16(24)23-14-5-3-4-12(8-14)18-17-15(13-6-7-25-10-13)9-20-19(17)22-11-21-18/h2,6-11,14H,1,3-5H2,(H,23,24)(H,20,21,22). The molecule has 1 unspecified atom stereocenters. The number of aromatic nitrogens is 3. The molecule has 3 aromatic rings. The van der Waals surface area contributed by atoms with E-state index in [0.29, 0.717) is 0 Å². The summed E-state index contributed by atoms with van der Waals surface area (Å²) in [4.78, 5) is 23.8. The Hall–Kier alpha value is -2.73. The number of amides is 1. The third kappa shape index (κ3) is 3.00. The van der Waals surface area contributed by atoms with Crippen molar-refractivity contribution in [2.45, 2.75) is 25.3 Å². The van der Waals surface area contributed by atoms with Crippen LogP contribution in [0.25, 0.3) is 27.7 Å². The van der Waals surface area contributed by atoms with Crippen LogP contribution < -0.4 is 5.32 Å². The molecule has 0 radical (unpaired) electrons. The Morgan fingerprint density at radius 2 is 2.36 bits per heavy atom. The minimum absolute atomic E-state index is 0.0165. The topological polar surface area (TPSA) is 70.7 Å². The van der Waals surface area contributed by atoms with Crippen LogP contribution in [-0.2, 0) is 4.79 Å². The average molecular weight is 350 g/mol. The Kier molecular flexibility index (Phi) is 4.19. The Labute approximate surface area is 149 Å². The van der Waals surface area contributed by atoms with Gasteiger partial charge in [0.05, 0.1) is 11.1 Å². The number of H-pyrrole nitrogens is 1. The monoisotopic (exact) mass is 350 g/mol. The molecule has 6 heteroatoms. The highest BCUT2D eigenvalue weighted by Crippen LogP contribution is 2.36. The SMILES string of the molecule is C=CC(=O)NC1C=C(c2ncnc3[nH]cc(-c4ccsc4)c23)CCC1. The molecule has 0 fully saturated rings. The number of fused-ring (bicyclic) bond motifs is 1. The first-order valence-electron chi connectivity index (χ1n) is 8.25. The van der Waals surface area contributed by atoms with Gasteiger partial charge in [-0.05, 0) is 53.3 Å². The number of thiophene rings is 1. The van der Waals surface area contributed by atoms with Gasteiger partial charge in [0.1, 0.15) is 12.0 Å². The highest BCUT2D eigenvalue weighted by molar-refractivity contribution is 7.08. The lowest BCUT2D eigenvalue weighted by Crippen LogP contribution is -2.33. The van der Waals surface area contributed by atoms with Crippen LogP contribution >= 0.6 is 11.3 Å². The van der Waals surface area contributed by atoms with Crippen LogP contribution in [0, 0.1) is 0 Å². The number of allylic oxidation sites excluding steroid dienone is 1. The molecule has 25 heavy (non-hydrogen) atoms. The maximum atomic E-state index is 11.6. The van der Waals surface area contributed by atoms with Crippen molar-refractivity contribution < 1.29 is 4.79 Å². The average Bonchev–Trinajstić information content (AvgIpc) is 3.30. The molecule has 3 heterocycles. The van der Waals surface area contributed by atoms with Crippen molar-refractivity contribution in [3.05, 3.63) is 53.8 Å². The molecule has 5 nitrogen and oxygen atoms in total. The van der Waals surface area contributed by atoms with Crippen molar-refractivity contribution in [3.8, 4) is 11.1 Å². The molecule has 0 bridgehead atoms. The second-order valence-electron chi connectivity index (χ2n) is 6.06. The second-order valence-corrected chi connectivity index (χ2v) is 6.84. The molecule has 0 spiro atoms. The van der Waals surface area contributed by atoms with Crippen molar-refractivity contribution in [2.24, 2.45) is 0 Å². The summed E-state index contributed by atoms with van der Waals surface area (Å²) in [5, 5.41) is 8.21. The Morgan fingerprint density at radius 3 is 3.16 bits per heavy atom. The molecule has 0 saturated heterocycles. The summed E-state index contributed by atoms with van der Waals surface area (Å²) in [5.41, 5.74) is 5.23. The molecule has 126 valence electrons. The van der Waals surface area contributed by atoms with Crippen LogP contribution in [0.3, 0.4) is 0 Å². The van der Waals surface area contributed by atoms with Crippen molar-refractivity contribution >= 4 is 33.9 Å². The van der Waals surface area contributed by atoms with E-state index in [1.54, 1.807) is 17.7 Å². The van der Waals surface area contributed by atoms with Crippen LogP contribution in [0.5, 0.6) is 0 Å². The highest BCUT2D eigenvalue weighted by Gasteiger charge is 2.20. The van der Waals surface area contributed by atoms with Gasteiger partial charge >= 0.3 is 0 Å². The molecule has 4 rings (SSSR count). The smallest absolute Gasteiger partial charge is 0.243 e. The molecule has 1 amide bonds. The van der Waals surface area contributed by atoms with Crippen LogP contribution in [0.4, 0.5) is 0 Å². The van der Waals surface area contributed by atoms with Gasteiger partial charge in [-0.25, -0.2) is 9.97 Å². The number of nitrogens with zero attached hydrogens (tertiary/aromatic N) is 2. The fourth-order valence-electron chi connectivity index (χ4n) is 3.33. The third-order valence-corrected chi connectivity index (χ3v) is 5.17. The first-order chi connectivity index (χ1) is 12.3. The number of hydrogen-bond acceptors (Lipinski definition) is 4. The van der Waals surface area contributed by atoms with Crippen LogP contribution in [0.2, 0.25) is 0 Å². The van der Waals surface area contributed by atoms with Gasteiger partial charge in [0.15, 0.2) is 0 Å². The van der Waals surface area contributed by atoms with E-state index in [4.69, 9.17) is 0 Å². The number of hydrogen-bond donors (Lipinski definition) is 2. The largest absolute Gasteiger partial charge is 0.346 e. The molecule has 1 aliphatic rings. The van der Waals surface area contributed by atoms with E-state index < -0.39 is 0 Å². The quantitative estimate of drug-likeness (QED) is 0.701. The van der Waals surface area contributed by atoms with Gasteiger partial charge < -0.3 is 10.3 Å². The normalized spacial score (nSPS) is 17.3. The number of rotatable bonds is 4. The second kappa shape index (κ2) is 6.64. The van der Waals surface area contributed by atoms with E-state index in [2.05, 4.69) is 49.8 Å². The lowest BCUT2D eigenvalue weighted by molar-refractivity contribution is -0.116. The molecular formula is C19H18N4OS. The predicted molar refractivity (Wildman–Crippen MR) is 101 cm³/mol. The Balaban J connectivity index is 1.79. The Bertz CT molecular complexity index is 955. The predicted octanol–water partition coefficient (Wildman–Crippen LogP) is 3.92. The molecule has 0 aliphatic heterocycles. The molecule has 0 aromatic carbocycles. The van der Waals surface area contributed by atoms with E-state index >= 15 is 0 Å². The fraction of sp³-hybridized carbons (Fsp3) is 0.211. The lowest BCUT2D eigenvalue weighted by Gasteiger charge is -2.22. The minimum atomic E-state index is -0.143. The number of carbonyl (C=O) groups is 1. The third-order valence-electron chi connectivity index (χ3n) is 4.48. The van der Waals surface area contributed by atoms with Gasteiger partial charge in [0.2, 0.25) is 5.91 Å². The van der Waals surface area contributed by atoms with Gasteiger partial charge in [-0.3, -0.25) is 4.79 Å². The van der Waals surface area contributed by atoms with Gasteiger partial charge in [-0.2, -0.15) is 11.3 Å². The molecular weight excluding hydrogens is 332 g/mol. The van der Waals surface area contributed by atoms with E-state index in [0.717, 1.165) is 47.1 Å². The molecule has 0 saturated carbocycles. The Morgan fingerprint density at radius 1 is 1.44 bits per heavy atom. The lowest BCUT2D eigenvalue weighted by atomic mass is 9.91. The highest BCUT2D eigenvalue weighted by atomic mass is 32.1. The zero-order valence-corrected chi connectivity index (χ0v) is 14.5. The van der Waals surface area contributed by atoms with E-state index in [9.17, 15) is 4.79 Å². The fourth-order valence-corrected chi connectivity index (χ4v) is 3.98. The van der Waals surface area contributed by atoms with Crippen LogP contribution in [0.15, 0.2) is 48.1 Å². The van der Waals surface area contributed by atoms with E-state index in [1.165, 1.54) is 11.6 Å². The van der Waals surface area contributed by atoms with Gasteiger partial charge in [-0.1, -0.05) is 12.7 Å². The number of nitrogens with one attached hydrogen (secondary N) is 2. The number of carbonyl (C=O) groups excluding carboxylic acids is 1. The van der Waals surface area contributed by atoms with Crippen molar-refractivity contribution in [3.63, 3.8) is 0 Å². The summed E-state index contributed by atoms with van der Waals surface area (Å²) in [5.74, 6) is -0.143. The molecule has 1 atom stereocenters. The summed E-state index contributed by atoms with van der Waals surface area (Å²) in [6.45, 7) is 3.52. The van der Waals surface area contributed by atoms with Crippen molar-refractivity contribution in [2.75, 3.05) is 0 Å². The maximum absolute atomic E-state index is 11.6. The number of aromatic amines is 1. The summed E-state index contributed by atoms with van der Waals surface area (Å²) in [6.07, 6.45) is 9.91. The van der Waals surface area contributed by atoms with Gasteiger partial charge in [0.25, 0.3) is 0 Å². The molecule has 2 N–H and O–H groups in total. The summed E-state index contributed by atoms with van der Waals surface area (Å²) in [6, 6.07) is 2.12. The van der Waals surface area contributed by atoms with E-state index in [1.807, 2.05) is 6.20 Å². The minimum Gasteiger partial charge on any atom is -0.346 e. The summed E-state index contributed by atoms with van der Waals surface area (Å²) < 4.78 is 0. The van der Waals surface area contributed by atoms with Gasteiger partial charge in [-0.15, -0.1) is 0 Å². The zero-order chi connectivity index (χ0) is 17.2. The van der Waals surface area contributed by atoms with Crippen molar-refractivity contribution in [1.29, 1.82) is 0 Å². The van der Waals surface area contributed by atoms with E-state index in [-0.39, 0.29) is 11.9 Å². The molecule has 1 aliphatic carbocycles. The first-order valence-corrected chi connectivity index (χ1v) is 9.19. The van der Waals surface area contributed by atoms with Crippen LogP contribution in [-0.4, -0.2) is 26.9 Å². The summed E-state index contributed by atoms with van der Waals surface area (Å²) in [7, 11) is 0. The maximum Gasteiger partial charge on any atom is 0.243 e. The van der Waals surface area contributed by atoms with Crippen LogP contribution in [0.1, 0.15) is 25.0 Å². The van der Waals surface area contributed by atoms with Crippen molar-refractivity contribution in [1.82, 2.24) is 20.3 Å². The first kappa shape index (κ1) is 15.8. The summed E-state index contributed by atoms with van der Waals surface area (Å²) >= 11 is 1.67.